The molecule has 2 spiro atoms. The number of piperazine rings is 3. The minimum atomic E-state index is 0.178. The number of aromatic nitrogens is 8. The fraction of sp³-hybridized carbons (Fsp3) is 0.636. The van der Waals surface area contributed by atoms with Crippen LogP contribution in [0.2, 0.25) is 0 Å². The normalized spacial score (nSPS) is 21.2. The smallest absolute Gasteiger partial charge is 0.347 e. The number of nitrogens with zero attached hydrogens (tertiary/aromatic N) is 12. The average molecular weight is 527 g/mol. The van der Waals surface area contributed by atoms with Gasteiger partial charge in [-0.05, 0) is 17.0 Å². The first-order chi connectivity index (χ1) is 18.3. The summed E-state index contributed by atoms with van der Waals surface area (Å²) < 4.78 is 11.8. The van der Waals surface area contributed by atoms with E-state index in [-0.39, 0.29) is 5.65 Å². The third-order valence-electron chi connectivity index (χ3n) is 8.75. The van der Waals surface area contributed by atoms with Crippen LogP contribution < -0.4 is 19.6 Å². The first kappa shape index (κ1) is 23.2. The molecule has 0 radical (unpaired) electrons. The van der Waals surface area contributed by atoms with Crippen molar-refractivity contribution in [2.75, 3.05) is 88.3 Å². The van der Waals surface area contributed by atoms with Gasteiger partial charge in [0.2, 0.25) is 5.82 Å². The summed E-state index contributed by atoms with van der Waals surface area (Å²) in [7, 11) is 0. The van der Waals surface area contributed by atoms with Crippen LogP contribution in [-0.4, -0.2) is 118 Å². The zero-order valence-corrected chi connectivity index (χ0v) is 21.5. The van der Waals surface area contributed by atoms with Gasteiger partial charge in [0.15, 0.2) is 11.6 Å². The molecule has 7 heterocycles. The van der Waals surface area contributed by atoms with Crippen molar-refractivity contribution < 1.29 is 28.0 Å². The highest BCUT2D eigenvalue weighted by Crippen LogP contribution is 2.29. The largest absolute Gasteiger partial charge is 0.391 e. The standard InChI is InChI=1S/C22H30N12O4/c1-15-23-19-18(31(35)38-28-19)22(26-15)30-5-9-34(10-6-30)13-11-33(12-14-34)7-3-29(4-8-33)20-17-21(25-16(2)24-20)32(36)37-27-17/h3-14H2,1-2H3/q+2. The molecule has 3 saturated heterocycles. The number of anilines is 2. The number of quaternary nitrogens is 2. The molecule has 0 unspecified atom stereocenters. The lowest BCUT2D eigenvalue weighted by atomic mass is 10.1. The lowest BCUT2D eigenvalue weighted by molar-refractivity contribution is -1.03. The van der Waals surface area contributed by atoms with E-state index < -0.39 is 0 Å². The molecule has 3 aliphatic rings. The average Bonchev–Trinajstić information content (AvgIpc) is 3.48. The molecule has 0 aromatic carbocycles. The Morgan fingerprint density at radius 2 is 1.18 bits per heavy atom. The molecular formula is C22H30N12O4+2. The van der Waals surface area contributed by atoms with Crippen molar-refractivity contribution in [2.24, 2.45) is 0 Å². The van der Waals surface area contributed by atoms with Gasteiger partial charge in [-0.15, -0.1) is 0 Å². The zero-order valence-electron chi connectivity index (χ0n) is 21.5. The summed E-state index contributed by atoms with van der Waals surface area (Å²) in [5, 5.41) is 31.7. The molecule has 16 nitrogen and oxygen atoms in total. The highest BCUT2D eigenvalue weighted by molar-refractivity contribution is 5.80. The van der Waals surface area contributed by atoms with Gasteiger partial charge >= 0.3 is 11.3 Å². The molecule has 3 aliphatic heterocycles. The minimum absolute atomic E-state index is 0.178. The Hall–Kier alpha value is -3.92. The van der Waals surface area contributed by atoms with Crippen LogP contribution in [0.3, 0.4) is 0 Å². The first-order valence-electron chi connectivity index (χ1n) is 13.0. The van der Waals surface area contributed by atoms with E-state index in [1.165, 1.54) is 0 Å². The Bertz CT molecular complexity index is 1510. The molecule has 0 atom stereocenters. The lowest BCUT2D eigenvalue weighted by Gasteiger charge is -2.54. The second kappa shape index (κ2) is 8.29. The number of fused-ring (bicyclic) bond motifs is 2. The molecule has 0 saturated carbocycles. The van der Waals surface area contributed by atoms with Gasteiger partial charge in [0, 0.05) is 6.92 Å². The first-order valence-corrected chi connectivity index (χ1v) is 13.0. The highest BCUT2D eigenvalue weighted by atomic mass is 16.8. The van der Waals surface area contributed by atoms with Gasteiger partial charge in [0.1, 0.15) is 32.0 Å². The topological polar surface area (TPSA) is 164 Å². The summed E-state index contributed by atoms with van der Waals surface area (Å²) in [6, 6.07) is 0. The Balaban J connectivity index is 1.00. The lowest BCUT2D eigenvalue weighted by Crippen LogP contribution is -2.73. The zero-order chi connectivity index (χ0) is 26.1. The van der Waals surface area contributed by atoms with Crippen molar-refractivity contribution in [2.45, 2.75) is 13.8 Å². The molecular weight excluding hydrogens is 496 g/mol. The van der Waals surface area contributed by atoms with Gasteiger partial charge in [-0.25, -0.2) is 4.98 Å². The predicted molar refractivity (Wildman–Crippen MR) is 130 cm³/mol. The molecule has 200 valence electrons. The van der Waals surface area contributed by atoms with E-state index >= 15 is 0 Å². The van der Waals surface area contributed by atoms with Crippen molar-refractivity contribution in [3.8, 4) is 0 Å². The SMILES string of the molecule is Cc1nc(N2CC[N+]3(CC2)CC[N+]2(CCN(c4nc(C)nc5c4no[n+]5[O-])CC2)CC3)c2c(no[n+]2[O-])n1. The van der Waals surface area contributed by atoms with E-state index in [0.29, 0.717) is 49.8 Å². The van der Waals surface area contributed by atoms with E-state index in [0.717, 1.165) is 87.5 Å². The minimum Gasteiger partial charge on any atom is -0.391 e. The van der Waals surface area contributed by atoms with Crippen LogP contribution in [0.15, 0.2) is 9.26 Å². The second-order valence-electron chi connectivity index (χ2n) is 10.8. The van der Waals surface area contributed by atoms with E-state index in [1.54, 1.807) is 13.8 Å². The van der Waals surface area contributed by atoms with E-state index in [9.17, 15) is 10.4 Å². The maximum Gasteiger partial charge on any atom is 0.347 e. The predicted octanol–water partition coefficient (Wildman–Crippen LogP) is -1.58. The molecule has 3 fully saturated rings. The molecule has 38 heavy (non-hydrogen) atoms. The van der Waals surface area contributed by atoms with Crippen LogP contribution in [0.4, 0.5) is 11.6 Å². The summed E-state index contributed by atoms with van der Waals surface area (Å²) in [6.07, 6.45) is 0. The van der Waals surface area contributed by atoms with Crippen LogP contribution in [0.5, 0.6) is 0 Å². The number of hydrogen-bond acceptors (Lipinski definition) is 12. The maximum absolute atomic E-state index is 12.2. The van der Waals surface area contributed by atoms with Crippen molar-refractivity contribution in [1.82, 2.24) is 30.2 Å². The third kappa shape index (κ3) is 3.65. The Morgan fingerprint density at radius 3 is 1.82 bits per heavy atom. The monoisotopic (exact) mass is 526 g/mol. The van der Waals surface area contributed by atoms with Gasteiger partial charge in [0.25, 0.3) is 11.0 Å². The van der Waals surface area contributed by atoms with Gasteiger partial charge < -0.3 is 33.8 Å². The summed E-state index contributed by atoms with van der Waals surface area (Å²) in [5.74, 6) is 2.40. The van der Waals surface area contributed by atoms with E-state index in [1.807, 2.05) is 0 Å². The summed E-state index contributed by atoms with van der Waals surface area (Å²) in [4.78, 5) is 22.7. The Morgan fingerprint density at radius 1 is 0.658 bits per heavy atom. The van der Waals surface area contributed by atoms with Gasteiger partial charge in [-0.3, -0.25) is 4.63 Å². The quantitative estimate of drug-likeness (QED) is 0.218. The molecule has 16 heteroatoms. The second-order valence-corrected chi connectivity index (χ2v) is 10.8. The van der Waals surface area contributed by atoms with Crippen LogP contribution in [0.25, 0.3) is 22.3 Å². The fourth-order valence-electron chi connectivity index (χ4n) is 6.35. The molecule has 0 amide bonds. The molecule has 7 rings (SSSR count). The van der Waals surface area contributed by atoms with Crippen molar-refractivity contribution in [3.63, 3.8) is 0 Å². The Kier molecular flexibility index (Phi) is 5.07. The van der Waals surface area contributed by atoms with Crippen molar-refractivity contribution in [1.29, 1.82) is 0 Å². The maximum atomic E-state index is 12.2. The number of rotatable bonds is 2. The molecule has 0 N–H and O–H groups in total. The number of hydrogen-bond donors (Lipinski definition) is 0. The van der Waals surface area contributed by atoms with Crippen molar-refractivity contribution >= 4 is 34.0 Å². The summed E-state index contributed by atoms with van der Waals surface area (Å²) in [6.45, 7) is 15.6. The Labute approximate surface area is 216 Å². The van der Waals surface area contributed by atoms with Crippen LogP contribution in [0, 0.1) is 24.3 Å². The molecule has 4 aromatic heterocycles. The van der Waals surface area contributed by atoms with E-state index in [2.05, 4.69) is 40.0 Å². The van der Waals surface area contributed by atoms with Gasteiger partial charge in [-0.2, -0.15) is 9.97 Å². The van der Waals surface area contributed by atoms with E-state index in [4.69, 9.17) is 9.26 Å². The van der Waals surface area contributed by atoms with Crippen molar-refractivity contribution in [3.05, 3.63) is 22.1 Å². The van der Waals surface area contributed by atoms with Crippen LogP contribution in [-0.2, 0) is 0 Å². The number of aryl methyl sites for hydroxylation is 2. The van der Waals surface area contributed by atoms with Crippen LogP contribution >= 0.6 is 0 Å². The molecule has 4 aromatic rings. The van der Waals surface area contributed by atoms with Crippen LogP contribution in [0.1, 0.15) is 11.6 Å². The molecule has 0 aliphatic carbocycles. The summed E-state index contributed by atoms with van der Waals surface area (Å²) >= 11 is 0. The molecule has 0 bridgehead atoms. The van der Waals surface area contributed by atoms with Gasteiger partial charge in [-0.1, -0.05) is 9.89 Å². The fourth-order valence-corrected chi connectivity index (χ4v) is 6.35. The third-order valence-corrected chi connectivity index (χ3v) is 8.75. The highest BCUT2D eigenvalue weighted by Gasteiger charge is 2.46. The van der Waals surface area contributed by atoms with Gasteiger partial charge in [0.05, 0.1) is 57.5 Å². The summed E-state index contributed by atoms with van der Waals surface area (Å²) in [5.41, 5.74) is 1.20.